The molecule has 2 saturated heterocycles. The van der Waals surface area contributed by atoms with Crippen LogP contribution in [-0.4, -0.2) is 82.9 Å². The first-order chi connectivity index (χ1) is 11.6. The second-order valence-corrected chi connectivity index (χ2v) is 6.41. The lowest BCUT2D eigenvalue weighted by Gasteiger charge is -2.34. The quantitative estimate of drug-likeness (QED) is 0.668. The van der Waals surface area contributed by atoms with E-state index in [0.717, 1.165) is 45.6 Å². The summed E-state index contributed by atoms with van der Waals surface area (Å²) in [6.45, 7) is 4.07. The second kappa shape index (κ2) is 7.46. The van der Waals surface area contributed by atoms with E-state index in [1.54, 1.807) is 0 Å². The second-order valence-electron chi connectivity index (χ2n) is 6.41. The lowest BCUT2D eigenvalue weighted by atomic mass is 9.75. The Hall–Kier alpha value is -2.04. The first-order valence-corrected chi connectivity index (χ1v) is 7.88. The highest BCUT2D eigenvalue weighted by atomic mass is 19.4. The number of piperazine rings is 1. The summed E-state index contributed by atoms with van der Waals surface area (Å²) in [4.78, 5) is 35.6. The van der Waals surface area contributed by atoms with Crippen LogP contribution in [0, 0.1) is 11.8 Å². The summed E-state index contributed by atoms with van der Waals surface area (Å²) in [6, 6.07) is 0.446. The zero-order valence-corrected chi connectivity index (χ0v) is 13.3. The third-order valence-corrected chi connectivity index (χ3v) is 4.60. The number of nitrogens with one attached hydrogen (secondary N) is 1. The van der Waals surface area contributed by atoms with Gasteiger partial charge in [-0.15, -0.1) is 0 Å². The number of carboxylic acids is 2. The van der Waals surface area contributed by atoms with E-state index in [1.165, 1.54) is 0 Å². The molecule has 2 heterocycles. The third kappa shape index (κ3) is 4.74. The van der Waals surface area contributed by atoms with Crippen molar-refractivity contribution in [1.29, 1.82) is 0 Å². The van der Waals surface area contributed by atoms with Gasteiger partial charge in [-0.25, -0.2) is 9.59 Å². The molecule has 1 atom stereocenters. The van der Waals surface area contributed by atoms with Gasteiger partial charge in [0.1, 0.15) is 0 Å². The SMILES string of the molecule is O=C(O)C(F)(F)F.O=C(O)C1CC(CN2CC3CNCCN3C2=O)C1. The van der Waals surface area contributed by atoms with Gasteiger partial charge in [-0.05, 0) is 18.8 Å². The summed E-state index contributed by atoms with van der Waals surface area (Å²) in [6.07, 6.45) is -3.63. The lowest BCUT2D eigenvalue weighted by Crippen LogP contribution is -2.50. The van der Waals surface area contributed by atoms with Gasteiger partial charge in [0.15, 0.2) is 0 Å². The van der Waals surface area contributed by atoms with E-state index in [2.05, 4.69) is 5.32 Å². The molecule has 3 fully saturated rings. The van der Waals surface area contributed by atoms with E-state index in [1.807, 2.05) is 9.80 Å². The standard InChI is InChI=1S/C12H19N3O3.C2HF3O2/c16-11(17)9-3-8(4-9)6-14-7-10-5-13-1-2-15(10)12(14)18;3-2(4,5)1(6)7/h8-10,13H,1-7H2,(H,16,17);(H,6,7). The van der Waals surface area contributed by atoms with E-state index in [0.29, 0.717) is 12.0 Å². The van der Waals surface area contributed by atoms with E-state index < -0.39 is 18.1 Å². The summed E-state index contributed by atoms with van der Waals surface area (Å²) < 4.78 is 31.7. The van der Waals surface area contributed by atoms with Crippen LogP contribution in [0.25, 0.3) is 0 Å². The highest BCUT2D eigenvalue weighted by Gasteiger charge is 2.42. The molecule has 2 amide bonds. The smallest absolute Gasteiger partial charge is 0.481 e. The van der Waals surface area contributed by atoms with Crippen molar-refractivity contribution in [1.82, 2.24) is 15.1 Å². The molecule has 1 aliphatic carbocycles. The van der Waals surface area contributed by atoms with Crippen LogP contribution < -0.4 is 5.32 Å². The molecule has 11 heteroatoms. The van der Waals surface area contributed by atoms with Crippen molar-refractivity contribution in [3.8, 4) is 0 Å². The fraction of sp³-hybridized carbons (Fsp3) is 0.786. The van der Waals surface area contributed by atoms with Gasteiger partial charge in [-0.2, -0.15) is 13.2 Å². The van der Waals surface area contributed by atoms with Crippen molar-refractivity contribution in [2.45, 2.75) is 25.1 Å². The van der Waals surface area contributed by atoms with E-state index in [9.17, 15) is 22.8 Å². The summed E-state index contributed by atoms with van der Waals surface area (Å²) in [5, 5.41) is 19.3. The zero-order valence-electron chi connectivity index (χ0n) is 13.3. The van der Waals surface area contributed by atoms with Crippen molar-refractivity contribution < 1.29 is 37.8 Å². The van der Waals surface area contributed by atoms with Gasteiger partial charge in [-0.3, -0.25) is 4.79 Å². The Morgan fingerprint density at radius 1 is 1.24 bits per heavy atom. The minimum atomic E-state index is -5.08. The summed E-state index contributed by atoms with van der Waals surface area (Å²) in [5.74, 6) is -3.26. The van der Waals surface area contributed by atoms with Gasteiger partial charge in [0.2, 0.25) is 0 Å². The molecule has 0 spiro atoms. The molecule has 0 radical (unpaired) electrons. The number of nitrogens with zero attached hydrogens (tertiary/aromatic N) is 2. The highest BCUT2D eigenvalue weighted by molar-refractivity contribution is 5.77. The predicted molar refractivity (Wildman–Crippen MR) is 77.9 cm³/mol. The number of aliphatic carboxylic acids is 2. The molecule has 25 heavy (non-hydrogen) atoms. The Morgan fingerprint density at radius 3 is 2.32 bits per heavy atom. The number of hydrogen-bond acceptors (Lipinski definition) is 4. The van der Waals surface area contributed by atoms with E-state index in [4.69, 9.17) is 15.0 Å². The Bertz CT molecular complexity index is 536. The maximum Gasteiger partial charge on any atom is 0.490 e. The van der Waals surface area contributed by atoms with Crippen LogP contribution in [-0.2, 0) is 9.59 Å². The van der Waals surface area contributed by atoms with Crippen molar-refractivity contribution in [3.63, 3.8) is 0 Å². The van der Waals surface area contributed by atoms with Gasteiger partial charge < -0.3 is 25.3 Å². The van der Waals surface area contributed by atoms with Crippen LogP contribution in [0.15, 0.2) is 0 Å². The third-order valence-electron chi connectivity index (χ3n) is 4.60. The van der Waals surface area contributed by atoms with Gasteiger partial charge in [0.25, 0.3) is 0 Å². The number of alkyl halides is 3. The zero-order chi connectivity index (χ0) is 18.8. The number of fused-ring (bicyclic) bond motifs is 1. The van der Waals surface area contributed by atoms with Crippen molar-refractivity contribution >= 4 is 18.0 Å². The molecule has 1 unspecified atom stereocenters. The molecule has 0 aromatic heterocycles. The predicted octanol–water partition coefficient (Wildman–Crippen LogP) is 0.440. The maximum absolute atomic E-state index is 12.1. The average Bonchev–Trinajstić information content (AvgIpc) is 2.78. The molecular formula is C14H20F3N3O5. The molecular weight excluding hydrogens is 347 g/mol. The van der Waals surface area contributed by atoms with Crippen LogP contribution >= 0.6 is 0 Å². The number of carbonyl (C=O) groups is 3. The molecule has 0 bridgehead atoms. The van der Waals surface area contributed by atoms with Crippen LogP contribution in [0.4, 0.5) is 18.0 Å². The fourth-order valence-electron chi connectivity index (χ4n) is 3.24. The average molecular weight is 367 g/mol. The number of urea groups is 1. The number of hydrogen-bond donors (Lipinski definition) is 3. The maximum atomic E-state index is 12.1. The molecule has 3 aliphatic rings. The Labute approximate surface area is 141 Å². The van der Waals surface area contributed by atoms with E-state index in [-0.39, 0.29) is 11.9 Å². The molecule has 2 aliphatic heterocycles. The van der Waals surface area contributed by atoms with E-state index >= 15 is 0 Å². The fourth-order valence-corrected chi connectivity index (χ4v) is 3.24. The Kier molecular flexibility index (Phi) is 5.76. The molecule has 0 aromatic carbocycles. The minimum Gasteiger partial charge on any atom is -0.481 e. The molecule has 8 nitrogen and oxygen atoms in total. The van der Waals surface area contributed by atoms with Gasteiger partial charge in [-0.1, -0.05) is 0 Å². The van der Waals surface area contributed by atoms with Crippen molar-refractivity contribution in [3.05, 3.63) is 0 Å². The van der Waals surface area contributed by atoms with Gasteiger partial charge in [0.05, 0.1) is 12.0 Å². The molecule has 3 rings (SSSR count). The molecule has 1 saturated carbocycles. The summed E-state index contributed by atoms with van der Waals surface area (Å²) >= 11 is 0. The van der Waals surface area contributed by atoms with Gasteiger partial charge >= 0.3 is 24.1 Å². The summed E-state index contributed by atoms with van der Waals surface area (Å²) in [5.41, 5.74) is 0. The first kappa shape index (κ1) is 19.3. The largest absolute Gasteiger partial charge is 0.490 e. The number of carbonyl (C=O) groups excluding carboxylic acids is 1. The van der Waals surface area contributed by atoms with Crippen LogP contribution in [0.5, 0.6) is 0 Å². The number of carboxylic acid groups (broad SMARTS) is 2. The molecule has 142 valence electrons. The molecule has 3 N–H and O–H groups in total. The highest BCUT2D eigenvalue weighted by Crippen LogP contribution is 2.35. The first-order valence-electron chi connectivity index (χ1n) is 7.88. The minimum absolute atomic E-state index is 0.139. The molecule has 0 aromatic rings. The number of amides is 2. The lowest BCUT2D eigenvalue weighted by molar-refractivity contribution is -0.192. The summed E-state index contributed by atoms with van der Waals surface area (Å²) in [7, 11) is 0. The van der Waals surface area contributed by atoms with Gasteiger partial charge in [0, 0.05) is 32.7 Å². The normalized spacial score (nSPS) is 28.6. The Morgan fingerprint density at radius 2 is 1.84 bits per heavy atom. The number of rotatable bonds is 3. The topological polar surface area (TPSA) is 110 Å². The van der Waals surface area contributed by atoms with Crippen LogP contribution in [0.1, 0.15) is 12.8 Å². The van der Waals surface area contributed by atoms with Crippen LogP contribution in [0.2, 0.25) is 0 Å². The monoisotopic (exact) mass is 367 g/mol. The Balaban J connectivity index is 0.000000277. The number of halogens is 3. The van der Waals surface area contributed by atoms with Crippen molar-refractivity contribution in [2.24, 2.45) is 11.8 Å². The van der Waals surface area contributed by atoms with Crippen molar-refractivity contribution in [2.75, 3.05) is 32.7 Å². The van der Waals surface area contributed by atoms with Crippen LogP contribution in [0.3, 0.4) is 0 Å².